The van der Waals surface area contributed by atoms with E-state index in [4.69, 9.17) is 0 Å². The van der Waals surface area contributed by atoms with Gasteiger partial charge in [-0.15, -0.1) is 0 Å². The molecule has 106 valence electrons. The van der Waals surface area contributed by atoms with Gasteiger partial charge in [0.1, 0.15) is 5.75 Å². The van der Waals surface area contributed by atoms with Gasteiger partial charge < -0.3 is 10.2 Å². The van der Waals surface area contributed by atoms with Crippen molar-refractivity contribution in [2.75, 3.05) is 0 Å². The number of benzene rings is 2. The highest BCUT2D eigenvalue weighted by molar-refractivity contribution is 5.38. The molecule has 0 spiro atoms. The number of hydrogen-bond donors (Lipinski definition) is 2. The summed E-state index contributed by atoms with van der Waals surface area (Å²) in [6.07, 6.45) is 0.726. The normalized spacial score (nSPS) is 11.6. The van der Waals surface area contributed by atoms with Gasteiger partial charge in [-0.25, -0.2) is 4.39 Å². The van der Waals surface area contributed by atoms with Gasteiger partial charge in [-0.2, -0.15) is 0 Å². The van der Waals surface area contributed by atoms with Crippen molar-refractivity contribution in [2.45, 2.75) is 32.6 Å². The van der Waals surface area contributed by atoms with E-state index in [2.05, 4.69) is 0 Å². The minimum atomic E-state index is -0.599. The van der Waals surface area contributed by atoms with Crippen molar-refractivity contribution in [3.05, 3.63) is 58.9 Å². The van der Waals surface area contributed by atoms with Gasteiger partial charge in [0.25, 0.3) is 0 Å². The maximum Gasteiger partial charge on any atom is 0.165 e. The van der Waals surface area contributed by atoms with E-state index in [0.29, 0.717) is 0 Å². The van der Waals surface area contributed by atoms with Crippen LogP contribution in [0.3, 0.4) is 0 Å². The first-order valence-corrected chi connectivity index (χ1v) is 6.57. The highest BCUT2D eigenvalue weighted by atomic mass is 19.1. The van der Waals surface area contributed by atoms with Gasteiger partial charge in [0.2, 0.25) is 0 Å². The molecule has 3 heteroatoms. The Hall–Kier alpha value is -2.03. The van der Waals surface area contributed by atoms with Crippen molar-refractivity contribution < 1.29 is 14.6 Å². The Morgan fingerprint density at radius 2 is 1.75 bits per heavy atom. The third-order valence-electron chi connectivity index (χ3n) is 3.69. The molecule has 0 saturated heterocycles. The summed E-state index contributed by atoms with van der Waals surface area (Å²) in [5.41, 5.74) is 2.69. The molecule has 20 heavy (non-hydrogen) atoms. The molecular weight excluding hydrogens is 255 g/mol. The second-order valence-corrected chi connectivity index (χ2v) is 5.84. The summed E-state index contributed by atoms with van der Waals surface area (Å²) in [5, 5.41) is 18.7. The Bertz CT molecular complexity index is 633. The molecule has 0 unspecified atom stereocenters. The highest BCUT2D eigenvalue weighted by Gasteiger charge is 2.23. The van der Waals surface area contributed by atoms with E-state index in [-0.39, 0.29) is 16.9 Å². The van der Waals surface area contributed by atoms with Crippen LogP contribution in [0, 0.1) is 12.7 Å². The molecule has 2 aromatic carbocycles. The van der Waals surface area contributed by atoms with Crippen LogP contribution in [0.1, 0.15) is 30.5 Å². The lowest BCUT2D eigenvalue weighted by Crippen LogP contribution is -2.21. The average Bonchev–Trinajstić information content (AvgIpc) is 2.36. The van der Waals surface area contributed by atoms with Crippen molar-refractivity contribution in [2.24, 2.45) is 0 Å². The SMILES string of the molecule is Cc1cc(O)ccc1CC(C)(C)c1ccc(O)c(F)c1. The number of aromatic hydroxyl groups is 2. The Morgan fingerprint density at radius 3 is 2.35 bits per heavy atom. The zero-order chi connectivity index (χ0) is 14.9. The number of halogens is 1. The van der Waals surface area contributed by atoms with Crippen LogP contribution in [0.2, 0.25) is 0 Å². The summed E-state index contributed by atoms with van der Waals surface area (Å²) >= 11 is 0. The maximum absolute atomic E-state index is 13.5. The highest BCUT2D eigenvalue weighted by Crippen LogP contribution is 2.31. The first-order valence-electron chi connectivity index (χ1n) is 6.57. The monoisotopic (exact) mass is 274 g/mol. The van der Waals surface area contributed by atoms with Crippen LogP contribution in [0.15, 0.2) is 36.4 Å². The smallest absolute Gasteiger partial charge is 0.165 e. The van der Waals surface area contributed by atoms with Gasteiger partial charge >= 0.3 is 0 Å². The first-order chi connectivity index (χ1) is 9.29. The molecule has 2 aromatic rings. The van der Waals surface area contributed by atoms with E-state index in [0.717, 1.165) is 23.1 Å². The number of phenols is 2. The fraction of sp³-hybridized carbons (Fsp3) is 0.294. The van der Waals surface area contributed by atoms with Gasteiger partial charge in [-0.05, 0) is 59.7 Å². The van der Waals surface area contributed by atoms with Crippen molar-refractivity contribution in [3.8, 4) is 11.5 Å². The van der Waals surface area contributed by atoms with E-state index >= 15 is 0 Å². The number of rotatable bonds is 3. The standard InChI is InChI=1S/C17H19FO2/c1-11-8-14(19)6-4-12(11)10-17(2,3)13-5-7-16(20)15(18)9-13/h4-9,19-20H,10H2,1-3H3. The minimum Gasteiger partial charge on any atom is -0.508 e. The van der Waals surface area contributed by atoms with Gasteiger partial charge in [-0.3, -0.25) is 0 Å². The number of phenolic OH excluding ortho intramolecular Hbond substituents is 2. The number of aryl methyl sites for hydroxylation is 1. The average molecular weight is 274 g/mol. The van der Waals surface area contributed by atoms with E-state index in [9.17, 15) is 14.6 Å². The second kappa shape index (κ2) is 5.16. The summed E-state index contributed by atoms with van der Waals surface area (Å²) in [5.74, 6) is -0.678. The number of hydrogen-bond acceptors (Lipinski definition) is 2. The summed E-state index contributed by atoms with van der Waals surface area (Å²) in [6, 6.07) is 9.79. The largest absolute Gasteiger partial charge is 0.508 e. The summed E-state index contributed by atoms with van der Waals surface area (Å²) in [7, 11) is 0. The molecule has 0 atom stereocenters. The summed E-state index contributed by atoms with van der Waals surface area (Å²) < 4.78 is 13.5. The van der Waals surface area contributed by atoms with Crippen LogP contribution in [-0.2, 0) is 11.8 Å². The predicted octanol–water partition coefficient (Wildman–Crippen LogP) is 4.07. The Morgan fingerprint density at radius 1 is 1.05 bits per heavy atom. The lowest BCUT2D eigenvalue weighted by molar-refractivity contribution is 0.428. The molecule has 0 fully saturated rings. The van der Waals surface area contributed by atoms with Crippen molar-refractivity contribution in [3.63, 3.8) is 0 Å². The zero-order valence-electron chi connectivity index (χ0n) is 11.9. The Balaban J connectivity index is 2.32. The maximum atomic E-state index is 13.5. The molecule has 0 aromatic heterocycles. The van der Waals surface area contributed by atoms with Gasteiger partial charge in [0.05, 0.1) is 0 Å². The molecule has 0 radical (unpaired) electrons. The summed E-state index contributed by atoms with van der Waals surface area (Å²) in [4.78, 5) is 0. The van der Waals surface area contributed by atoms with Crippen LogP contribution in [0.4, 0.5) is 4.39 Å². The molecule has 0 amide bonds. The van der Waals surface area contributed by atoms with Crippen LogP contribution < -0.4 is 0 Å². The first kappa shape index (κ1) is 14.4. The van der Waals surface area contributed by atoms with E-state index in [1.54, 1.807) is 18.2 Å². The van der Waals surface area contributed by atoms with Crippen LogP contribution >= 0.6 is 0 Å². The van der Waals surface area contributed by atoms with E-state index in [1.807, 2.05) is 26.8 Å². The molecule has 2 N–H and O–H groups in total. The van der Waals surface area contributed by atoms with Gasteiger partial charge in [0.15, 0.2) is 11.6 Å². The van der Waals surface area contributed by atoms with Crippen molar-refractivity contribution in [1.82, 2.24) is 0 Å². The van der Waals surface area contributed by atoms with E-state index < -0.39 is 5.82 Å². The third-order valence-corrected chi connectivity index (χ3v) is 3.69. The van der Waals surface area contributed by atoms with Crippen molar-refractivity contribution >= 4 is 0 Å². The fourth-order valence-corrected chi connectivity index (χ4v) is 2.38. The molecule has 0 aliphatic carbocycles. The van der Waals surface area contributed by atoms with Crippen molar-refractivity contribution in [1.29, 1.82) is 0 Å². The van der Waals surface area contributed by atoms with Crippen LogP contribution in [0.5, 0.6) is 11.5 Å². The lowest BCUT2D eigenvalue weighted by Gasteiger charge is -2.26. The predicted molar refractivity (Wildman–Crippen MR) is 77.6 cm³/mol. The molecular formula is C17H19FO2. The molecule has 0 aliphatic rings. The molecule has 2 rings (SSSR count). The second-order valence-electron chi connectivity index (χ2n) is 5.84. The van der Waals surface area contributed by atoms with Crippen LogP contribution in [0.25, 0.3) is 0 Å². The molecule has 2 nitrogen and oxygen atoms in total. The third kappa shape index (κ3) is 2.93. The van der Waals surface area contributed by atoms with E-state index in [1.165, 1.54) is 12.1 Å². The fourth-order valence-electron chi connectivity index (χ4n) is 2.38. The molecule has 0 heterocycles. The van der Waals surface area contributed by atoms with Crippen LogP contribution in [-0.4, -0.2) is 10.2 Å². The topological polar surface area (TPSA) is 40.5 Å². The minimum absolute atomic E-state index is 0.250. The molecule has 0 bridgehead atoms. The lowest BCUT2D eigenvalue weighted by atomic mass is 9.78. The van der Waals surface area contributed by atoms with Gasteiger partial charge in [0, 0.05) is 0 Å². The molecule has 0 aliphatic heterocycles. The Labute approximate surface area is 118 Å². The summed E-state index contributed by atoms with van der Waals surface area (Å²) in [6.45, 7) is 6.01. The quantitative estimate of drug-likeness (QED) is 0.886. The Kier molecular flexibility index (Phi) is 3.71. The molecule has 0 saturated carbocycles. The van der Waals surface area contributed by atoms with Gasteiger partial charge in [-0.1, -0.05) is 26.0 Å². The zero-order valence-corrected chi connectivity index (χ0v) is 11.9.